The molecule has 2 aromatic heterocycles. The Balaban J connectivity index is 2.09. The second kappa shape index (κ2) is 6.08. The summed E-state index contributed by atoms with van der Waals surface area (Å²) in [6, 6.07) is 12.2. The van der Waals surface area contributed by atoms with Gasteiger partial charge >= 0.3 is 0 Å². The molecule has 0 unspecified atom stereocenters. The second-order valence-corrected chi connectivity index (χ2v) is 7.12. The Morgan fingerprint density at radius 2 is 1.73 bits per heavy atom. The predicted octanol–water partition coefficient (Wildman–Crippen LogP) is 3.79. The van der Waals surface area contributed by atoms with Gasteiger partial charge in [0.2, 0.25) is 0 Å². The SMILES string of the molecule is Cc1cc2nc3c4cc(C#N)ccc4n(CCN(C)C)c3nc2cc1C. The van der Waals surface area contributed by atoms with Crippen LogP contribution in [0.1, 0.15) is 16.7 Å². The second-order valence-electron chi connectivity index (χ2n) is 7.12. The Hall–Kier alpha value is -2.97. The summed E-state index contributed by atoms with van der Waals surface area (Å²) in [7, 11) is 4.13. The number of nitriles is 1. The van der Waals surface area contributed by atoms with Crippen LogP contribution < -0.4 is 0 Å². The summed E-state index contributed by atoms with van der Waals surface area (Å²) in [5.74, 6) is 0. The number of rotatable bonds is 3. The van der Waals surface area contributed by atoms with E-state index in [1.165, 1.54) is 11.1 Å². The fourth-order valence-electron chi connectivity index (χ4n) is 3.34. The lowest BCUT2D eigenvalue weighted by Crippen LogP contribution is -2.18. The van der Waals surface area contributed by atoms with Crippen LogP contribution in [0.2, 0.25) is 0 Å². The van der Waals surface area contributed by atoms with Gasteiger partial charge in [-0.15, -0.1) is 0 Å². The molecule has 0 fully saturated rings. The molecule has 0 saturated carbocycles. The van der Waals surface area contributed by atoms with Crippen molar-refractivity contribution in [2.24, 2.45) is 0 Å². The quantitative estimate of drug-likeness (QED) is 0.568. The average Bonchev–Trinajstić information content (AvgIpc) is 2.91. The van der Waals surface area contributed by atoms with Crippen molar-refractivity contribution in [2.45, 2.75) is 20.4 Å². The van der Waals surface area contributed by atoms with E-state index in [4.69, 9.17) is 9.97 Å². The van der Waals surface area contributed by atoms with E-state index >= 15 is 0 Å². The molecule has 5 nitrogen and oxygen atoms in total. The summed E-state index contributed by atoms with van der Waals surface area (Å²) >= 11 is 0. The molecule has 0 bridgehead atoms. The van der Waals surface area contributed by atoms with Crippen LogP contribution in [0.4, 0.5) is 0 Å². The molecule has 0 saturated heterocycles. The van der Waals surface area contributed by atoms with E-state index in [1.54, 1.807) is 0 Å². The third-order valence-electron chi connectivity index (χ3n) is 4.96. The smallest absolute Gasteiger partial charge is 0.160 e. The van der Waals surface area contributed by atoms with E-state index in [0.29, 0.717) is 5.56 Å². The summed E-state index contributed by atoms with van der Waals surface area (Å²) in [4.78, 5) is 12.0. The van der Waals surface area contributed by atoms with Gasteiger partial charge in [0, 0.05) is 18.5 Å². The molecule has 0 spiro atoms. The summed E-state index contributed by atoms with van der Waals surface area (Å²) < 4.78 is 2.22. The lowest BCUT2D eigenvalue weighted by Gasteiger charge is -2.12. The molecule has 0 radical (unpaired) electrons. The molecular formula is C21H21N5. The van der Waals surface area contributed by atoms with Crippen molar-refractivity contribution >= 4 is 33.1 Å². The molecule has 0 aliphatic rings. The van der Waals surface area contributed by atoms with Crippen LogP contribution in [0.15, 0.2) is 30.3 Å². The van der Waals surface area contributed by atoms with E-state index < -0.39 is 0 Å². The number of nitrogens with zero attached hydrogens (tertiary/aromatic N) is 5. The van der Waals surface area contributed by atoms with Gasteiger partial charge < -0.3 is 9.47 Å². The van der Waals surface area contributed by atoms with E-state index in [1.807, 2.05) is 18.2 Å². The number of hydrogen-bond donors (Lipinski definition) is 0. The molecule has 5 heteroatoms. The van der Waals surface area contributed by atoms with Gasteiger partial charge in [-0.05, 0) is 69.4 Å². The average molecular weight is 343 g/mol. The predicted molar refractivity (Wildman–Crippen MR) is 105 cm³/mol. The molecule has 0 aliphatic carbocycles. The molecule has 4 rings (SSSR count). The van der Waals surface area contributed by atoms with Gasteiger partial charge in [0.1, 0.15) is 5.52 Å². The van der Waals surface area contributed by atoms with Crippen LogP contribution >= 0.6 is 0 Å². The third-order valence-corrected chi connectivity index (χ3v) is 4.96. The zero-order valence-electron chi connectivity index (χ0n) is 15.5. The van der Waals surface area contributed by atoms with Gasteiger partial charge in [-0.2, -0.15) is 5.26 Å². The van der Waals surface area contributed by atoms with Crippen LogP contribution in [0, 0.1) is 25.2 Å². The van der Waals surface area contributed by atoms with Gasteiger partial charge in [0.05, 0.1) is 28.2 Å². The molecule has 4 aromatic rings. The minimum atomic E-state index is 0.645. The van der Waals surface area contributed by atoms with E-state index in [2.05, 4.69) is 55.6 Å². The van der Waals surface area contributed by atoms with Crippen LogP contribution in [0.5, 0.6) is 0 Å². The zero-order chi connectivity index (χ0) is 18.4. The van der Waals surface area contributed by atoms with Crippen molar-refractivity contribution in [1.29, 1.82) is 5.26 Å². The maximum atomic E-state index is 9.29. The van der Waals surface area contributed by atoms with Gasteiger partial charge in [-0.25, -0.2) is 9.97 Å². The first-order valence-corrected chi connectivity index (χ1v) is 8.73. The summed E-state index contributed by atoms with van der Waals surface area (Å²) in [6.07, 6.45) is 0. The number of aromatic nitrogens is 3. The first-order chi connectivity index (χ1) is 12.5. The summed E-state index contributed by atoms with van der Waals surface area (Å²) in [5.41, 5.74) is 7.70. The highest BCUT2D eigenvalue weighted by Gasteiger charge is 2.15. The van der Waals surface area contributed by atoms with Crippen molar-refractivity contribution in [3.8, 4) is 6.07 Å². The first-order valence-electron chi connectivity index (χ1n) is 8.73. The maximum absolute atomic E-state index is 9.29. The van der Waals surface area contributed by atoms with Gasteiger partial charge in [0.15, 0.2) is 5.65 Å². The lowest BCUT2D eigenvalue weighted by atomic mass is 10.1. The lowest BCUT2D eigenvalue weighted by molar-refractivity contribution is 0.389. The number of benzene rings is 2. The van der Waals surface area contributed by atoms with Crippen molar-refractivity contribution in [1.82, 2.24) is 19.4 Å². The van der Waals surface area contributed by atoms with Crippen LogP contribution in [-0.2, 0) is 6.54 Å². The molecule has 2 aromatic carbocycles. The van der Waals surface area contributed by atoms with Crippen LogP contribution in [0.25, 0.3) is 33.1 Å². The maximum Gasteiger partial charge on any atom is 0.160 e. The van der Waals surface area contributed by atoms with E-state index in [9.17, 15) is 5.26 Å². The normalized spacial score (nSPS) is 11.7. The molecule has 0 amide bonds. The number of likely N-dealkylation sites (N-methyl/N-ethyl adjacent to an activating group) is 1. The Morgan fingerprint density at radius 1 is 1.04 bits per heavy atom. The highest BCUT2D eigenvalue weighted by Crippen LogP contribution is 2.29. The topological polar surface area (TPSA) is 57.7 Å². The summed E-state index contributed by atoms with van der Waals surface area (Å²) in [6.45, 7) is 5.92. The number of fused-ring (bicyclic) bond motifs is 4. The highest BCUT2D eigenvalue weighted by molar-refractivity contribution is 6.07. The molecular weight excluding hydrogens is 322 g/mol. The van der Waals surface area contributed by atoms with Gasteiger partial charge in [-0.1, -0.05) is 0 Å². The van der Waals surface area contributed by atoms with Crippen molar-refractivity contribution in [3.05, 3.63) is 47.0 Å². The molecule has 2 heterocycles. The Bertz CT molecular complexity index is 1190. The molecule has 26 heavy (non-hydrogen) atoms. The zero-order valence-corrected chi connectivity index (χ0v) is 15.5. The Morgan fingerprint density at radius 3 is 2.38 bits per heavy atom. The standard InChI is InChI=1S/C21H21N5/c1-13-9-17-18(10-14(13)2)24-21-20(23-17)16-11-15(12-22)5-6-19(16)26(21)8-7-25(3)4/h5-6,9-11H,7-8H2,1-4H3. The molecule has 0 N–H and O–H groups in total. The van der Waals surface area contributed by atoms with Crippen molar-refractivity contribution < 1.29 is 0 Å². The fourth-order valence-corrected chi connectivity index (χ4v) is 3.34. The van der Waals surface area contributed by atoms with E-state index in [-0.39, 0.29) is 0 Å². The number of hydrogen-bond acceptors (Lipinski definition) is 4. The monoisotopic (exact) mass is 343 g/mol. The largest absolute Gasteiger partial charge is 0.323 e. The van der Waals surface area contributed by atoms with Crippen molar-refractivity contribution in [3.63, 3.8) is 0 Å². The Kier molecular flexibility index (Phi) is 3.86. The molecule has 0 atom stereocenters. The Labute approximate surface area is 152 Å². The number of aryl methyl sites for hydroxylation is 2. The van der Waals surface area contributed by atoms with Gasteiger partial charge in [-0.3, -0.25) is 0 Å². The van der Waals surface area contributed by atoms with E-state index in [0.717, 1.165) is 46.2 Å². The first kappa shape index (κ1) is 16.5. The van der Waals surface area contributed by atoms with Crippen molar-refractivity contribution in [2.75, 3.05) is 20.6 Å². The molecule has 130 valence electrons. The van der Waals surface area contributed by atoms with Crippen LogP contribution in [-0.4, -0.2) is 40.1 Å². The van der Waals surface area contributed by atoms with Gasteiger partial charge in [0.25, 0.3) is 0 Å². The minimum absolute atomic E-state index is 0.645. The minimum Gasteiger partial charge on any atom is -0.323 e. The molecule has 0 aliphatic heterocycles. The summed E-state index contributed by atoms with van der Waals surface area (Å²) in [5, 5.41) is 10.3. The van der Waals surface area contributed by atoms with Crippen LogP contribution in [0.3, 0.4) is 0 Å². The highest BCUT2D eigenvalue weighted by atomic mass is 15.1. The third kappa shape index (κ3) is 2.59. The fraction of sp³-hybridized carbons (Fsp3) is 0.286.